The molecule has 0 N–H and O–H groups in total. The smallest absolute Gasteiger partial charge is 0.302 e. The number of carbonyl (C=O) groups is 1. The number of carbonyl (C=O) groups excluding carboxylic acids is 1. The molecule has 29 heavy (non-hydrogen) atoms. The van der Waals surface area contributed by atoms with E-state index in [1.165, 1.54) is 25.3 Å². The molecule has 2 fully saturated rings. The summed E-state index contributed by atoms with van der Waals surface area (Å²) in [6.07, 6.45) is 14.6. The molecule has 6 atom stereocenters. The van der Waals surface area contributed by atoms with Crippen molar-refractivity contribution in [3.63, 3.8) is 0 Å². The molecule has 2 saturated carbocycles. The minimum atomic E-state index is -0.155. The van der Waals surface area contributed by atoms with Crippen LogP contribution in [0.15, 0.2) is 23.8 Å². The van der Waals surface area contributed by atoms with E-state index in [4.69, 9.17) is 14.2 Å². The van der Waals surface area contributed by atoms with E-state index >= 15 is 0 Å². The van der Waals surface area contributed by atoms with Gasteiger partial charge < -0.3 is 14.2 Å². The van der Waals surface area contributed by atoms with Gasteiger partial charge in [-0.2, -0.15) is 0 Å². The molecule has 3 aliphatic carbocycles. The van der Waals surface area contributed by atoms with E-state index in [0.717, 1.165) is 32.1 Å². The third kappa shape index (κ3) is 4.34. The maximum atomic E-state index is 11.4. The van der Waals surface area contributed by atoms with E-state index in [1.54, 1.807) is 14.2 Å². The molecule has 0 bridgehead atoms. The van der Waals surface area contributed by atoms with E-state index in [-0.39, 0.29) is 29.2 Å². The number of esters is 1. The van der Waals surface area contributed by atoms with Crippen LogP contribution in [0.4, 0.5) is 0 Å². The van der Waals surface area contributed by atoms with Crippen LogP contribution >= 0.6 is 0 Å². The second-order valence-corrected chi connectivity index (χ2v) is 9.91. The van der Waals surface area contributed by atoms with Crippen molar-refractivity contribution >= 4 is 5.97 Å². The van der Waals surface area contributed by atoms with Gasteiger partial charge in [0, 0.05) is 34.0 Å². The van der Waals surface area contributed by atoms with Gasteiger partial charge in [0.1, 0.15) is 6.10 Å². The Morgan fingerprint density at radius 1 is 1.24 bits per heavy atom. The zero-order valence-electron chi connectivity index (χ0n) is 19.2. The van der Waals surface area contributed by atoms with Crippen molar-refractivity contribution in [2.24, 2.45) is 28.6 Å². The summed E-state index contributed by atoms with van der Waals surface area (Å²) in [7, 11) is 3.50. The fraction of sp³-hybridized carbons (Fsp3) is 0.800. The molecule has 0 radical (unpaired) electrons. The van der Waals surface area contributed by atoms with Crippen LogP contribution in [0, 0.1) is 28.6 Å². The molecule has 3 rings (SSSR count). The lowest BCUT2D eigenvalue weighted by Crippen LogP contribution is -2.51. The number of methoxy groups -OCH3 is 2. The van der Waals surface area contributed by atoms with Crippen LogP contribution in [0.1, 0.15) is 72.6 Å². The van der Waals surface area contributed by atoms with Crippen molar-refractivity contribution in [1.29, 1.82) is 0 Å². The Balaban J connectivity index is 1.89. The number of fused-ring (bicyclic) bond motifs is 3. The summed E-state index contributed by atoms with van der Waals surface area (Å²) >= 11 is 0. The van der Waals surface area contributed by atoms with Crippen LogP contribution in [0.25, 0.3) is 0 Å². The van der Waals surface area contributed by atoms with E-state index in [0.29, 0.717) is 17.8 Å². The normalized spacial score (nSPS) is 39.8. The Hall–Kier alpha value is -1.13. The lowest BCUT2D eigenvalue weighted by molar-refractivity contribution is -0.150. The Morgan fingerprint density at radius 3 is 2.59 bits per heavy atom. The molecule has 4 heteroatoms. The Morgan fingerprint density at radius 2 is 1.97 bits per heavy atom. The topological polar surface area (TPSA) is 44.8 Å². The van der Waals surface area contributed by atoms with Gasteiger partial charge in [-0.15, -0.1) is 0 Å². The van der Waals surface area contributed by atoms with Gasteiger partial charge in [0.2, 0.25) is 0 Å². The second-order valence-electron chi connectivity index (χ2n) is 9.91. The van der Waals surface area contributed by atoms with Gasteiger partial charge in [0.05, 0.1) is 0 Å². The summed E-state index contributed by atoms with van der Waals surface area (Å²) < 4.78 is 16.8. The first-order valence-electron chi connectivity index (χ1n) is 11.3. The lowest BCUT2D eigenvalue weighted by Gasteiger charge is -2.58. The van der Waals surface area contributed by atoms with Crippen molar-refractivity contribution in [3.05, 3.63) is 23.8 Å². The minimum absolute atomic E-state index is 0.0578. The first kappa shape index (κ1) is 22.6. The molecule has 0 aliphatic heterocycles. The highest BCUT2D eigenvalue weighted by molar-refractivity contribution is 5.66. The summed E-state index contributed by atoms with van der Waals surface area (Å²) in [5.74, 6) is 1.69. The highest BCUT2D eigenvalue weighted by Crippen LogP contribution is 2.62. The number of hydrogen-bond donors (Lipinski definition) is 0. The van der Waals surface area contributed by atoms with Crippen molar-refractivity contribution in [1.82, 2.24) is 0 Å². The fourth-order valence-corrected chi connectivity index (χ4v) is 6.84. The molecular formula is C25H40O4. The Bertz CT molecular complexity index is 649. The van der Waals surface area contributed by atoms with Crippen LogP contribution < -0.4 is 0 Å². The third-order valence-electron chi connectivity index (χ3n) is 8.35. The number of allylic oxidation sites excluding steroid dienone is 3. The predicted octanol–water partition coefficient (Wildman–Crippen LogP) is 5.67. The SMILES string of the molecule is C/C=C/[C@@]1(C)CC[C@H]2[C@@H](CC=C3C[C@@H](OC(C)=O)CC[C@@]32C)[C@@H]1CC(OC)OC. The summed E-state index contributed by atoms with van der Waals surface area (Å²) in [4.78, 5) is 11.4. The Labute approximate surface area is 177 Å². The van der Waals surface area contributed by atoms with Gasteiger partial charge in [-0.3, -0.25) is 4.79 Å². The molecule has 0 spiro atoms. The van der Waals surface area contributed by atoms with Crippen LogP contribution in [-0.2, 0) is 19.0 Å². The first-order valence-corrected chi connectivity index (χ1v) is 11.3. The summed E-state index contributed by atoms with van der Waals surface area (Å²) in [6, 6.07) is 0. The van der Waals surface area contributed by atoms with Gasteiger partial charge in [0.25, 0.3) is 0 Å². The van der Waals surface area contributed by atoms with Crippen LogP contribution in [-0.4, -0.2) is 32.6 Å². The molecule has 0 unspecified atom stereocenters. The second kappa shape index (κ2) is 8.93. The Kier molecular flexibility index (Phi) is 6.95. The van der Waals surface area contributed by atoms with E-state index in [9.17, 15) is 4.79 Å². The van der Waals surface area contributed by atoms with Crippen molar-refractivity contribution in [3.8, 4) is 0 Å². The molecule has 0 aromatic rings. The van der Waals surface area contributed by atoms with Gasteiger partial charge in [-0.25, -0.2) is 0 Å². The van der Waals surface area contributed by atoms with Crippen molar-refractivity contribution < 1.29 is 19.0 Å². The maximum Gasteiger partial charge on any atom is 0.302 e. The minimum Gasteiger partial charge on any atom is -0.462 e. The zero-order valence-corrected chi connectivity index (χ0v) is 19.2. The van der Waals surface area contributed by atoms with E-state index < -0.39 is 0 Å². The monoisotopic (exact) mass is 404 g/mol. The van der Waals surface area contributed by atoms with Crippen LogP contribution in [0.3, 0.4) is 0 Å². The summed E-state index contributed by atoms with van der Waals surface area (Å²) in [5, 5.41) is 0. The molecule has 164 valence electrons. The van der Waals surface area contributed by atoms with Gasteiger partial charge >= 0.3 is 5.97 Å². The van der Waals surface area contributed by atoms with Gasteiger partial charge in [0.15, 0.2) is 6.29 Å². The molecular weight excluding hydrogens is 364 g/mol. The number of hydrogen-bond acceptors (Lipinski definition) is 4. The molecule has 4 nitrogen and oxygen atoms in total. The third-order valence-corrected chi connectivity index (χ3v) is 8.35. The summed E-state index contributed by atoms with van der Waals surface area (Å²) in [5.41, 5.74) is 1.94. The average molecular weight is 405 g/mol. The highest BCUT2D eigenvalue weighted by atomic mass is 16.7. The molecule has 0 aromatic carbocycles. The largest absolute Gasteiger partial charge is 0.462 e. The van der Waals surface area contributed by atoms with Crippen molar-refractivity contribution in [2.75, 3.05) is 14.2 Å². The molecule has 3 aliphatic rings. The van der Waals surface area contributed by atoms with Gasteiger partial charge in [-0.1, -0.05) is 37.6 Å². The van der Waals surface area contributed by atoms with Crippen LogP contribution in [0.2, 0.25) is 0 Å². The standard InChI is InChI=1S/C25H40O4/c1-7-12-24(3)13-11-21-20(22(24)16-23(27-5)28-6)9-8-18-15-19(29-17(2)26)10-14-25(18,21)4/h7-8,12,19-23H,9-11,13-16H2,1-6H3/b12-7+/t19-,20+,21-,22-,24-,25-/m0/s1. The first-order chi connectivity index (χ1) is 13.8. The molecule has 0 heterocycles. The fourth-order valence-electron chi connectivity index (χ4n) is 6.84. The number of ether oxygens (including phenoxy) is 3. The number of rotatable bonds is 6. The van der Waals surface area contributed by atoms with E-state index in [1.807, 2.05) is 0 Å². The van der Waals surface area contributed by atoms with E-state index in [2.05, 4.69) is 39.0 Å². The van der Waals surface area contributed by atoms with Gasteiger partial charge in [-0.05, 0) is 67.6 Å². The quantitative estimate of drug-likeness (QED) is 0.325. The predicted molar refractivity (Wildman–Crippen MR) is 115 cm³/mol. The lowest BCUT2D eigenvalue weighted by atomic mass is 9.47. The molecule has 0 saturated heterocycles. The molecule has 0 amide bonds. The zero-order chi connectivity index (χ0) is 21.2. The van der Waals surface area contributed by atoms with Crippen molar-refractivity contribution in [2.45, 2.75) is 85.0 Å². The summed E-state index contributed by atoms with van der Waals surface area (Å²) in [6.45, 7) is 8.55. The average Bonchev–Trinajstić information content (AvgIpc) is 2.67. The molecule has 0 aromatic heterocycles. The maximum absolute atomic E-state index is 11.4. The van der Waals surface area contributed by atoms with Crippen LogP contribution in [0.5, 0.6) is 0 Å². The highest BCUT2D eigenvalue weighted by Gasteiger charge is 2.54.